The van der Waals surface area contributed by atoms with Gasteiger partial charge in [-0.2, -0.15) is 0 Å². The molecule has 7 heteroatoms. The van der Waals surface area contributed by atoms with Crippen molar-refractivity contribution in [2.45, 2.75) is 6.92 Å². The summed E-state index contributed by atoms with van der Waals surface area (Å²) < 4.78 is 21.0. The first-order chi connectivity index (χ1) is 14.5. The van der Waals surface area contributed by atoms with Crippen molar-refractivity contribution in [3.63, 3.8) is 0 Å². The van der Waals surface area contributed by atoms with Crippen molar-refractivity contribution >= 4 is 23.6 Å². The molecular formula is C23H25NO6. The van der Waals surface area contributed by atoms with Crippen molar-refractivity contribution in [2.24, 2.45) is 0 Å². The molecule has 0 aliphatic rings. The van der Waals surface area contributed by atoms with Gasteiger partial charge in [-0.15, -0.1) is 0 Å². The van der Waals surface area contributed by atoms with Crippen molar-refractivity contribution in [2.75, 3.05) is 32.2 Å². The van der Waals surface area contributed by atoms with E-state index in [9.17, 15) is 9.59 Å². The molecule has 0 atom stereocenters. The molecule has 0 aromatic heterocycles. The Morgan fingerprint density at radius 3 is 2.67 bits per heavy atom. The Hall–Kier alpha value is -3.74. The predicted octanol–water partition coefficient (Wildman–Crippen LogP) is 3.85. The lowest BCUT2D eigenvalue weighted by Crippen LogP contribution is -2.14. The minimum absolute atomic E-state index is 0.195. The number of nitrogens with one attached hydrogen (secondary N) is 1. The number of esters is 1. The maximum atomic E-state index is 12.2. The molecule has 7 nitrogen and oxygen atoms in total. The van der Waals surface area contributed by atoms with Crippen LogP contribution in [0.5, 0.6) is 17.2 Å². The van der Waals surface area contributed by atoms with Gasteiger partial charge in [0.1, 0.15) is 12.4 Å². The number of benzene rings is 2. The number of rotatable bonds is 11. The largest absolute Gasteiger partial charge is 0.493 e. The van der Waals surface area contributed by atoms with Crippen LogP contribution in [0.3, 0.4) is 0 Å². The summed E-state index contributed by atoms with van der Waals surface area (Å²) in [6, 6.07) is 12.1. The van der Waals surface area contributed by atoms with E-state index >= 15 is 0 Å². The minimum atomic E-state index is -0.453. The fraction of sp³-hybridized carbons (Fsp3) is 0.217. The molecule has 0 saturated carbocycles. The van der Waals surface area contributed by atoms with E-state index in [4.69, 9.17) is 18.9 Å². The van der Waals surface area contributed by atoms with E-state index in [0.717, 1.165) is 5.56 Å². The molecule has 30 heavy (non-hydrogen) atoms. The van der Waals surface area contributed by atoms with E-state index in [-0.39, 0.29) is 12.5 Å². The number of carbonyl (C=O) groups is 2. The lowest BCUT2D eigenvalue weighted by molar-refractivity contribution is -0.145. The second-order valence-corrected chi connectivity index (χ2v) is 5.95. The fourth-order valence-corrected chi connectivity index (χ4v) is 2.42. The molecule has 1 amide bonds. The highest BCUT2D eigenvalue weighted by atomic mass is 16.6. The summed E-state index contributed by atoms with van der Waals surface area (Å²) >= 11 is 0. The molecule has 2 rings (SSSR count). The summed E-state index contributed by atoms with van der Waals surface area (Å²) in [7, 11) is 1.55. The highest BCUT2D eigenvalue weighted by Crippen LogP contribution is 2.28. The first-order valence-electron chi connectivity index (χ1n) is 9.35. The van der Waals surface area contributed by atoms with Crippen LogP contribution in [0.25, 0.3) is 6.08 Å². The fourth-order valence-electron chi connectivity index (χ4n) is 2.42. The highest BCUT2D eigenvalue weighted by Gasteiger charge is 2.06. The molecule has 0 aliphatic heterocycles. The van der Waals surface area contributed by atoms with Crippen LogP contribution in [0.15, 0.2) is 61.2 Å². The molecule has 0 aliphatic carbocycles. The molecule has 0 heterocycles. The number of hydrogen-bond acceptors (Lipinski definition) is 6. The number of hydrogen-bond donors (Lipinski definition) is 1. The van der Waals surface area contributed by atoms with Gasteiger partial charge in [-0.05, 0) is 42.8 Å². The normalized spacial score (nSPS) is 10.3. The summed E-state index contributed by atoms with van der Waals surface area (Å²) in [4.78, 5) is 23.6. The Labute approximate surface area is 175 Å². The van der Waals surface area contributed by atoms with Crippen molar-refractivity contribution in [1.82, 2.24) is 0 Å². The Bertz CT molecular complexity index is 906. The molecule has 0 unspecified atom stereocenters. The summed E-state index contributed by atoms with van der Waals surface area (Å²) in [5, 5.41) is 2.74. The zero-order valence-electron chi connectivity index (χ0n) is 17.1. The third-order valence-electron chi connectivity index (χ3n) is 3.74. The number of carbonyl (C=O) groups excluding carboxylic acids is 2. The molecule has 158 valence electrons. The summed E-state index contributed by atoms with van der Waals surface area (Å²) in [5.74, 6) is 0.837. The van der Waals surface area contributed by atoms with E-state index in [1.807, 2.05) is 6.07 Å². The molecular weight excluding hydrogens is 386 g/mol. The Morgan fingerprint density at radius 1 is 1.10 bits per heavy atom. The van der Waals surface area contributed by atoms with Crippen LogP contribution in [0, 0.1) is 0 Å². The van der Waals surface area contributed by atoms with E-state index < -0.39 is 5.97 Å². The van der Waals surface area contributed by atoms with Gasteiger partial charge < -0.3 is 24.3 Å². The van der Waals surface area contributed by atoms with Gasteiger partial charge in [-0.25, -0.2) is 4.79 Å². The molecule has 2 aromatic rings. The van der Waals surface area contributed by atoms with Gasteiger partial charge in [0.25, 0.3) is 0 Å². The molecule has 0 radical (unpaired) electrons. The van der Waals surface area contributed by atoms with Gasteiger partial charge in [0.2, 0.25) is 5.91 Å². The lowest BCUT2D eigenvalue weighted by atomic mass is 10.2. The number of ether oxygens (including phenoxy) is 4. The van der Waals surface area contributed by atoms with Crippen LogP contribution >= 0.6 is 0 Å². The lowest BCUT2D eigenvalue weighted by Gasteiger charge is -2.10. The summed E-state index contributed by atoms with van der Waals surface area (Å²) in [5.41, 5.74) is 1.32. The molecule has 0 fully saturated rings. The predicted molar refractivity (Wildman–Crippen MR) is 115 cm³/mol. The average molecular weight is 411 g/mol. The minimum Gasteiger partial charge on any atom is -0.493 e. The quantitative estimate of drug-likeness (QED) is 0.344. The van der Waals surface area contributed by atoms with E-state index in [1.165, 1.54) is 6.08 Å². The Balaban J connectivity index is 1.96. The smallest absolute Gasteiger partial charge is 0.344 e. The van der Waals surface area contributed by atoms with E-state index in [0.29, 0.717) is 36.1 Å². The van der Waals surface area contributed by atoms with E-state index in [2.05, 4.69) is 11.9 Å². The third kappa shape index (κ3) is 7.35. The molecule has 0 bridgehead atoms. The molecule has 2 aromatic carbocycles. The molecule has 0 spiro atoms. The zero-order chi connectivity index (χ0) is 21.8. The maximum absolute atomic E-state index is 12.2. The number of anilines is 1. The van der Waals surface area contributed by atoms with Crippen LogP contribution in [0.4, 0.5) is 5.69 Å². The summed E-state index contributed by atoms with van der Waals surface area (Å²) in [6.07, 6.45) is 4.72. The Kier molecular flexibility index (Phi) is 8.99. The van der Waals surface area contributed by atoms with Gasteiger partial charge in [-0.1, -0.05) is 24.8 Å². The van der Waals surface area contributed by atoms with Crippen LogP contribution in [0.2, 0.25) is 0 Å². The zero-order valence-corrected chi connectivity index (χ0v) is 17.1. The van der Waals surface area contributed by atoms with Crippen LogP contribution in [-0.4, -0.2) is 38.8 Å². The average Bonchev–Trinajstić information content (AvgIpc) is 2.75. The van der Waals surface area contributed by atoms with Crippen molar-refractivity contribution in [3.8, 4) is 17.2 Å². The van der Waals surface area contributed by atoms with Crippen molar-refractivity contribution in [1.29, 1.82) is 0 Å². The topological polar surface area (TPSA) is 83.1 Å². The van der Waals surface area contributed by atoms with Crippen LogP contribution in [0.1, 0.15) is 12.5 Å². The van der Waals surface area contributed by atoms with Crippen LogP contribution < -0.4 is 19.5 Å². The van der Waals surface area contributed by atoms with Crippen molar-refractivity contribution < 1.29 is 28.5 Å². The van der Waals surface area contributed by atoms with Gasteiger partial charge in [0, 0.05) is 17.8 Å². The SMILES string of the molecule is C=CCOc1ccc(/C=C/C(=O)Nc2cccc(OCC(=O)OCC)c2)cc1OC. The monoisotopic (exact) mass is 411 g/mol. The molecule has 1 N–H and O–H groups in total. The standard InChI is InChI=1S/C23H25NO6/c1-4-13-29-20-11-9-17(14-21(20)27-3)10-12-22(25)24-18-7-6-8-19(15-18)30-16-23(26)28-5-2/h4,6-12,14-15H,1,5,13,16H2,2-3H3,(H,24,25)/b12-10+. The Morgan fingerprint density at radius 2 is 1.93 bits per heavy atom. The summed E-state index contributed by atoms with van der Waals surface area (Å²) in [6.45, 7) is 5.81. The van der Waals surface area contributed by atoms with Gasteiger partial charge >= 0.3 is 5.97 Å². The van der Waals surface area contributed by atoms with Crippen molar-refractivity contribution in [3.05, 3.63) is 66.8 Å². The van der Waals surface area contributed by atoms with Gasteiger partial charge in [0.15, 0.2) is 18.1 Å². The van der Waals surface area contributed by atoms with Gasteiger partial charge in [0.05, 0.1) is 13.7 Å². The highest BCUT2D eigenvalue weighted by molar-refractivity contribution is 6.02. The second kappa shape index (κ2) is 12.0. The van der Waals surface area contributed by atoms with E-state index in [1.54, 1.807) is 62.6 Å². The number of amides is 1. The second-order valence-electron chi connectivity index (χ2n) is 5.95. The first kappa shape index (κ1) is 22.5. The maximum Gasteiger partial charge on any atom is 0.344 e. The van der Waals surface area contributed by atoms with Crippen LogP contribution in [-0.2, 0) is 14.3 Å². The third-order valence-corrected chi connectivity index (χ3v) is 3.74. The number of methoxy groups -OCH3 is 1. The van der Waals surface area contributed by atoms with Gasteiger partial charge in [-0.3, -0.25) is 4.79 Å². The molecule has 0 saturated heterocycles. The first-order valence-corrected chi connectivity index (χ1v) is 9.35.